The summed E-state index contributed by atoms with van der Waals surface area (Å²) in [6.45, 7) is 5.97. The smallest absolute Gasteiger partial charge is 0.325 e. The molecule has 0 fully saturated rings. The number of ketones is 1. The normalized spacial score (nSPS) is 19.4. The van der Waals surface area contributed by atoms with Crippen molar-refractivity contribution in [3.63, 3.8) is 0 Å². The van der Waals surface area contributed by atoms with E-state index in [0.717, 1.165) is 0 Å². The fourth-order valence-electron chi connectivity index (χ4n) is 2.68. The number of aliphatic hydroxyl groups excluding tert-OH is 1. The van der Waals surface area contributed by atoms with Crippen molar-refractivity contribution in [3.05, 3.63) is 41.0 Å². The monoisotopic (exact) mass is 356 g/mol. The Bertz CT molecular complexity index is 857. The molecule has 0 aliphatic heterocycles. The van der Waals surface area contributed by atoms with Crippen LogP contribution in [-0.4, -0.2) is 34.9 Å². The SMILES string of the molecule is CC(C)(C)OC(=O)CNC(=O)C1=C(O)c2ccccc2C(C)(C#N)C1=O. The minimum atomic E-state index is -1.61. The first-order valence-electron chi connectivity index (χ1n) is 8.00. The van der Waals surface area contributed by atoms with Gasteiger partial charge in [-0.1, -0.05) is 24.3 Å². The summed E-state index contributed by atoms with van der Waals surface area (Å²) in [6.07, 6.45) is 0. The van der Waals surface area contributed by atoms with Gasteiger partial charge in [0.25, 0.3) is 5.91 Å². The molecule has 2 rings (SSSR count). The average molecular weight is 356 g/mol. The van der Waals surface area contributed by atoms with Crippen LogP contribution in [0.3, 0.4) is 0 Å². The number of benzene rings is 1. The molecule has 1 aromatic rings. The summed E-state index contributed by atoms with van der Waals surface area (Å²) in [5.74, 6) is -2.95. The molecular formula is C19H20N2O5. The average Bonchev–Trinajstić information content (AvgIpc) is 2.56. The Morgan fingerprint density at radius 1 is 1.31 bits per heavy atom. The van der Waals surface area contributed by atoms with Crippen LogP contribution >= 0.6 is 0 Å². The van der Waals surface area contributed by atoms with E-state index in [2.05, 4.69) is 5.32 Å². The van der Waals surface area contributed by atoms with Crippen LogP contribution in [0.2, 0.25) is 0 Å². The highest BCUT2D eigenvalue weighted by atomic mass is 16.6. The van der Waals surface area contributed by atoms with Crippen LogP contribution < -0.4 is 5.32 Å². The van der Waals surface area contributed by atoms with Gasteiger partial charge in [-0.25, -0.2) is 0 Å². The third kappa shape index (κ3) is 3.45. The molecule has 1 aliphatic carbocycles. The first-order valence-corrected chi connectivity index (χ1v) is 8.00. The lowest BCUT2D eigenvalue weighted by Crippen LogP contribution is -2.43. The van der Waals surface area contributed by atoms with Crippen molar-refractivity contribution >= 4 is 23.4 Å². The third-order valence-electron chi connectivity index (χ3n) is 3.90. The number of carbonyl (C=O) groups excluding carboxylic acids is 3. The minimum absolute atomic E-state index is 0.235. The van der Waals surface area contributed by atoms with E-state index in [1.807, 2.05) is 6.07 Å². The van der Waals surface area contributed by atoms with Crippen LogP contribution in [0.15, 0.2) is 29.8 Å². The van der Waals surface area contributed by atoms with Crippen LogP contribution in [0, 0.1) is 11.3 Å². The zero-order valence-corrected chi connectivity index (χ0v) is 15.0. The van der Waals surface area contributed by atoms with Gasteiger partial charge < -0.3 is 15.2 Å². The van der Waals surface area contributed by atoms with Gasteiger partial charge in [0, 0.05) is 5.56 Å². The lowest BCUT2D eigenvalue weighted by Gasteiger charge is -2.29. The van der Waals surface area contributed by atoms with Crippen molar-refractivity contribution in [1.82, 2.24) is 5.32 Å². The summed E-state index contributed by atoms with van der Waals surface area (Å²) in [6, 6.07) is 8.27. The maximum Gasteiger partial charge on any atom is 0.325 e. The fraction of sp³-hybridized carbons (Fsp3) is 0.368. The number of hydrogen-bond acceptors (Lipinski definition) is 6. The van der Waals surface area contributed by atoms with Gasteiger partial charge in [-0.3, -0.25) is 14.4 Å². The molecule has 7 heteroatoms. The molecule has 0 heterocycles. The number of hydrogen-bond donors (Lipinski definition) is 2. The van der Waals surface area contributed by atoms with Gasteiger partial charge in [0.1, 0.15) is 28.9 Å². The van der Waals surface area contributed by atoms with Crippen molar-refractivity contribution in [2.75, 3.05) is 6.54 Å². The maximum absolute atomic E-state index is 12.7. The molecule has 1 aromatic carbocycles. The predicted octanol–water partition coefficient (Wildman–Crippen LogP) is 1.78. The van der Waals surface area contributed by atoms with E-state index >= 15 is 0 Å². The second kappa shape index (κ2) is 6.64. The maximum atomic E-state index is 12.7. The van der Waals surface area contributed by atoms with E-state index in [4.69, 9.17) is 4.74 Å². The Kier molecular flexibility index (Phi) is 4.90. The zero-order valence-electron chi connectivity index (χ0n) is 15.0. The molecule has 0 aromatic heterocycles. The second-order valence-electron chi connectivity index (χ2n) is 7.10. The van der Waals surface area contributed by atoms with E-state index in [9.17, 15) is 24.8 Å². The van der Waals surface area contributed by atoms with Gasteiger partial charge in [-0.15, -0.1) is 0 Å². The van der Waals surface area contributed by atoms with Gasteiger partial charge in [-0.2, -0.15) is 5.26 Å². The highest BCUT2D eigenvalue weighted by molar-refractivity contribution is 6.29. The molecule has 2 N–H and O–H groups in total. The summed E-state index contributed by atoms with van der Waals surface area (Å²) in [4.78, 5) is 36.9. The van der Waals surface area contributed by atoms with Gasteiger partial charge in [-0.05, 0) is 33.3 Å². The van der Waals surface area contributed by atoms with Crippen molar-refractivity contribution in [2.45, 2.75) is 38.7 Å². The van der Waals surface area contributed by atoms with E-state index in [1.54, 1.807) is 39.0 Å². The predicted molar refractivity (Wildman–Crippen MR) is 92.8 cm³/mol. The molecule has 136 valence electrons. The number of aliphatic hydroxyl groups is 1. The Morgan fingerprint density at radius 2 is 1.92 bits per heavy atom. The van der Waals surface area contributed by atoms with Crippen LogP contribution in [-0.2, 0) is 24.5 Å². The molecule has 0 saturated heterocycles. The summed E-state index contributed by atoms with van der Waals surface area (Å²) in [5, 5.41) is 22.2. The van der Waals surface area contributed by atoms with Crippen molar-refractivity contribution < 1.29 is 24.2 Å². The summed E-state index contributed by atoms with van der Waals surface area (Å²) >= 11 is 0. The van der Waals surface area contributed by atoms with Crippen molar-refractivity contribution in [2.24, 2.45) is 0 Å². The Morgan fingerprint density at radius 3 is 2.50 bits per heavy atom. The Balaban J connectivity index is 2.34. The van der Waals surface area contributed by atoms with Crippen LogP contribution in [0.4, 0.5) is 0 Å². The van der Waals surface area contributed by atoms with Crippen LogP contribution in [0.5, 0.6) is 0 Å². The quantitative estimate of drug-likeness (QED) is 0.630. The van der Waals surface area contributed by atoms with Crippen LogP contribution in [0.25, 0.3) is 5.76 Å². The molecule has 0 bridgehead atoms. The lowest BCUT2D eigenvalue weighted by atomic mass is 9.70. The molecule has 0 radical (unpaired) electrons. The van der Waals surface area contributed by atoms with Gasteiger partial charge in [0.15, 0.2) is 5.78 Å². The largest absolute Gasteiger partial charge is 0.506 e. The number of ether oxygens (including phenoxy) is 1. The van der Waals surface area contributed by atoms with Crippen molar-refractivity contribution in [1.29, 1.82) is 5.26 Å². The zero-order chi connectivity index (χ0) is 19.7. The number of fused-ring (bicyclic) bond motifs is 1. The number of nitriles is 1. The third-order valence-corrected chi connectivity index (χ3v) is 3.90. The van der Waals surface area contributed by atoms with E-state index in [1.165, 1.54) is 13.0 Å². The number of nitrogens with zero attached hydrogens (tertiary/aromatic N) is 1. The number of esters is 1. The summed E-state index contributed by atoms with van der Waals surface area (Å²) in [5.41, 5.74) is -2.31. The first kappa shape index (κ1) is 19.2. The van der Waals surface area contributed by atoms with Gasteiger partial charge in [0.2, 0.25) is 0 Å². The number of amides is 1. The van der Waals surface area contributed by atoms with Crippen LogP contribution in [0.1, 0.15) is 38.8 Å². The Labute approximate surface area is 151 Å². The topological polar surface area (TPSA) is 116 Å². The summed E-state index contributed by atoms with van der Waals surface area (Å²) in [7, 11) is 0. The number of nitrogens with one attached hydrogen (secondary N) is 1. The molecule has 26 heavy (non-hydrogen) atoms. The molecule has 1 aliphatic rings. The van der Waals surface area contributed by atoms with E-state index in [0.29, 0.717) is 5.56 Å². The molecule has 1 unspecified atom stereocenters. The molecule has 0 saturated carbocycles. The number of Topliss-reactive ketones (excluding diaryl/α,β-unsaturated/α-hetero) is 1. The molecule has 1 amide bonds. The van der Waals surface area contributed by atoms with E-state index < -0.39 is 46.6 Å². The summed E-state index contributed by atoms with van der Waals surface area (Å²) < 4.78 is 5.08. The highest BCUT2D eigenvalue weighted by Crippen LogP contribution is 2.39. The lowest BCUT2D eigenvalue weighted by molar-refractivity contribution is -0.154. The van der Waals surface area contributed by atoms with Gasteiger partial charge in [0.05, 0.1) is 6.07 Å². The standard InChI is InChI=1S/C19H20N2O5/c1-18(2,3)26-13(22)9-21-17(25)14-15(23)11-7-5-6-8-12(11)19(4,10-20)16(14)24/h5-8,23H,9H2,1-4H3,(H,21,25). The molecule has 7 nitrogen and oxygen atoms in total. The van der Waals surface area contributed by atoms with Gasteiger partial charge >= 0.3 is 5.97 Å². The van der Waals surface area contributed by atoms with E-state index in [-0.39, 0.29) is 5.56 Å². The molecular weight excluding hydrogens is 336 g/mol. The minimum Gasteiger partial charge on any atom is -0.506 e. The second-order valence-corrected chi connectivity index (χ2v) is 7.10. The first-order chi connectivity index (χ1) is 12.0. The molecule has 0 spiro atoms. The molecule has 1 atom stereocenters. The highest BCUT2D eigenvalue weighted by Gasteiger charge is 2.46. The van der Waals surface area contributed by atoms with Crippen molar-refractivity contribution in [3.8, 4) is 6.07 Å². The number of carbonyl (C=O) groups is 3. The fourth-order valence-corrected chi connectivity index (χ4v) is 2.68. The Hall–Kier alpha value is -3.14. The number of rotatable bonds is 3.